The van der Waals surface area contributed by atoms with Gasteiger partial charge in [0.2, 0.25) is 0 Å². The maximum atomic E-state index is 6.24. The first-order valence-corrected chi connectivity index (χ1v) is 12.2. The van der Waals surface area contributed by atoms with Crippen LogP contribution >= 0.6 is 0 Å². The minimum absolute atomic E-state index is 0.828. The molecule has 0 aliphatic carbocycles. The zero-order chi connectivity index (χ0) is 25.1. The van der Waals surface area contributed by atoms with E-state index in [9.17, 15) is 0 Å². The molecule has 0 bridgehead atoms. The summed E-state index contributed by atoms with van der Waals surface area (Å²) in [6.45, 7) is 4.24. The molecule has 0 spiro atoms. The molecule has 0 aliphatic heterocycles. The van der Waals surface area contributed by atoms with Crippen molar-refractivity contribution in [2.75, 3.05) is 14.2 Å². The molecule has 0 radical (unpaired) electrons. The maximum Gasteiger partial charge on any atom is 0.135 e. The van der Waals surface area contributed by atoms with Gasteiger partial charge in [0.15, 0.2) is 0 Å². The van der Waals surface area contributed by atoms with Crippen LogP contribution in [-0.4, -0.2) is 14.2 Å². The van der Waals surface area contributed by atoms with Crippen molar-refractivity contribution in [3.63, 3.8) is 0 Å². The highest BCUT2D eigenvalue weighted by atomic mass is 16.5. The SMILES string of the molecule is COc1ccccc1-c1c(-c2ccccc2)cc(-c2ccc(C)cc2)c(OC)c1-c1cccc(C)c1. The molecule has 5 aromatic carbocycles. The molecule has 0 fully saturated rings. The lowest BCUT2D eigenvalue weighted by Gasteiger charge is -2.24. The number of rotatable bonds is 6. The number of aryl methyl sites for hydroxylation is 2. The molecule has 0 atom stereocenters. The summed E-state index contributed by atoms with van der Waals surface area (Å²) in [7, 11) is 3.49. The van der Waals surface area contributed by atoms with Crippen molar-refractivity contribution in [3.8, 4) is 56.0 Å². The quantitative estimate of drug-likeness (QED) is 0.246. The van der Waals surface area contributed by atoms with Crippen molar-refractivity contribution >= 4 is 0 Å². The molecule has 0 N–H and O–H groups in total. The highest BCUT2D eigenvalue weighted by molar-refractivity contribution is 6.03. The minimum Gasteiger partial charge on any atom is -0.496 e. The first kappa shape index (κ1) is 23.4. The van der Waals surface area contributed by atoms with Crippen molar-refractivity contribution in [2.45, 2.75) is 13.8 Å². The van der Waals surface area contributed by atoms with Gasteiger partial charge in [-0.3, -0.25) is 0 Å². The molecular weight excluding hydrogens is 440 g/mol. The normalized spacial score (nSPS) is 10.8. The molecule has 0 saturated heterocycles. The van der Waals surface area contributed by atoms with Crippen LogP contribution in [-0.2, 0) is 0 Å². The number of hydrogen-bond acceptors (Lipinski definition) is 2. The molecular formula is C34H30O2. The minimum atomic E-state index is 0.828. The highest BCUT2D eigenvalue weighted by Crippen LogP contribution is 2.51. The van der Waals surface area contributed by atoms with Crippen LogP contribution in [0.15, 0.2) is 109 Å². The average molecular weight is 471 g/mol. The molecule has 0 aromatic heterocycles. The zero-order valence-corrected chi connectivity index (χ0v) is 21.2. The number of benzene rings is 5. The predicted molar refractivity (Wildman–Crippen MR) is 151 cm³/mol. The fourth-order valence-electron chi connectivity index (χ4n) is 4.88. The van der Waals surface area contributed by atoms with Gasteiger partial charge in [-0.2, -0.15) is 0 Å². The second-order valence-corrected chi connectivity index (χ2v) is 9.06. The van der Waals surface area contributed by atoms with Crippen molar-refractivity contribution in [1.29, 1.82) is 0 Å². The van der Waals surface area contributed by atoms with E-state index in [0.29, 0.717) is 0 Å². The van der Waals surface area contributed by atoms with Gasteiger partial charge in [0, 0.05) is 22.3 Å². The van der Waals surface area contributed by atoms with Crippen LogP contribution in [0.1, 0.15) is 11.1 Å². The summed E-state index contributed by atoms with van der Waals surface area (Å²) in [5, 5.41) is 0. The van der Waals surface area contributed by atoms with E-state index in [1.807, 2.05) is 12.1 Å². The van der Waals surface area contributed by atoms with Crippen molar-refractivity contribution < 1.29 is 9.47 Å². The molecule has 178 valence electrons. The average Bonchev–Trinajstić information content (AvgIpc) is 2.92. The summed E-state index contributed by atoms with van der Waals surface area (Å²) in [5.41, 5.74) is 11.2. The van der Waals surface area contributed by atoms with Crippen molar-refractivity contribution in [2.24, 2.45) is 0 Å². The highest BCUT2D eigenvalue weighted by Gasteiger charge is 2.25. The van der Waals surface area contributed by atoms with E-state index in [4.69, 9.17) is 9.47 Å². The molecule has 0 heterocycles. The summed E-state index contributed by atoms with van der Waals surface area (Å²) < 4.78 is 12.1. The Balaban J connectivity index is 1.98. The zero-order valence-electron chi connectivity index (χ0n) is 21.2. The molecule has 5 aromatic rings. The van der Waals surface area contributed by atoms with Crippen molar-refractivity contribution in [3.05, 3.63) is 120 Å². The Labute approximate surface area is 213 Å². The predicted octanol–water partition coefficient (Wildman–Crippen LogP) is 8.99. The Bertz CT molecular complexity index is 1500. The monoisotopic (exact) mass is 470 g/mol. The Hall–Kier alpha value is -4.30. The first-order chi connectivity index (χ1) is 17.6. The van der Waals surface area contributed by atoms with Gasteiger partial charge >= 0.3 is 0 Å². The van der Waals surface area contributed by atoms with E-state index in [1.54, 1.807) is 14.2 Å². The van der Waals surface area contributed by atoms with Crippen molar-refractivity contribution in [1.82, 2.24) is 0 Å². The largest absolute Gasteiger partial charge is 0.496 e. The summed E-state index contributed by atoms with van der Waals surface area (Å²) in [5.74, 6) is 1.68. The second-order valence-electron chi connectivity index (χ2n) is 9.06. The van der Waals surface area contributed by atoms with E-state index < -0.39 is 0 Å². The van der Waals surface area contributed by atoms with Gasteiger partial charge in [0.1, 0.15) is 11.5 Å². The first-order valence-electron chi connectivity index (χ1n) is 12.2. The Morgan fingerprint density at radius 3 is 1.81 bits per heavy atom. The third-order valence-electron chi connectivity index (χ3n) is 6.61. The van der Waals surface area contributed by atoms with E-state index >= 15 is 0 Å². The van der Waals surface area contributed by atoms with Crippen LogP contribution < -0.4 is 9.47 Å². The van der Waals surface area contributed by atoms with E-state index in [1.165, 1.54) is 11.1 Å². The van der Waals surface area contributed by atoms with E-state index in [-0.39, 0.29) is 0 Å². The smallest absolute Gasteiger partial charge is 0.135 e. The Kier molecular flexibility index (Phi) is 6.60. The van der Waals surface area contributed by atoms with Crippen LogP contribution in [0.3, 0.4) is 0 Å². The van der Waals surface area contributed by atoms with Crippen LogP contribution in [0, 0.1) is 13.8 Å². The van der Waals surface area contributed by atoms with Gasteiger partial charge in [-0.15, -0.1) is 0 Å². The summed E-state index contributed by atoms with van der Waals surface area (Å²) in [6, 6.07) is 38.3. The molecule has 2 heteroatoms. The Morgan fingerprint density at radius 1 is 0.444 bits per heavy atom. The summed E-state index contributed by atoms with van der Waals surface area (Å²) >= 11 is 0. The number of ether oxygens (including phenoxy) is 2. The topological polar surface area (TPSA) is 18.5 Å². The van der Waals surface area contributed by atoms with Gasteiger partial charge < -0.3 is 9.47 Å². The maximum absolute atomic E-state index is 6.24. The Morgan fingerprint density at radius 2 is 1.11 bits per heavy atom. The van der Waals surface area contributed by atoms with Gasteiger partial charge in [-0.1, -0.05) is 108 Å². The molecule has 5 rings (SSSR count). The van der Waals surface area contributed by atoms with Gasteiger partial charge in [-0.05, 0) is 48.2 Å². The van der Waals surface area contributed by atoms with Gasteiger partial charge in [-0.25, -0.2) is 0 Å². The molecule has 2 nitrogen and oxygen atoms in total. The van der Waals surface area contributed by atoms with Crippen LogP contribution in [0.5, 0.6) is 11.5 Å². The van der Waals surface area contributed by atoms with Gasteiger partial charge in [0.05, 0.1) is 14.2 Å². The van der Waals surface area contributed by atoms with E-state index in [0.717, 1.165) is 56.0 Å². The van der Waals surface area contributed by atoms with Gasteiger partial charge in [0.25, 0.3) is 0 Å². The molecule has 36 heavy (non-hydrogen) atoms. The molecule has 0 amide bonds. The third kappa shape index (κ3) is 4.38. The van der Waals surface area contributed by atoms with Crippen LogP contribution in [0.25, 0.3) is 44.5 Å². The summed E-state index contributed by atoms with van der Waals surface area (Å²) in [6.07, 6.45) is 0. The second kappa shape index (κ2) is 10.1. The lowest BCUT2D eigenvalue weighted by Crippen LogP contribution is -2.00. The lowest BCUT2D eigenvalue weighted by molar-refractivity contribution is 0.415. The molecule has 0 aliphatic rings. The summed E-state index contributed by atoms with van der Waals surface area (Å²) in [4.78, 5) is 0. The number of methoxy groups -OCH3 is 2. The molecule has 0 saturated carbocycles. The number of hydrogen-bond donors (Lipinski definition) is 0. The van der Waals surface area contributed by atoms with E-state index in [2.05, 4.69) is 111 Å². The standard InChI is InChI=1S/C34H30O2/c1-23-17-19-26(20-18-23)30-22-29(25-12-6-5-7-13-25)33(28-15-8-9-16-31(28)35-3)32(34(30)36-4)27-14-10-11-24(2)21-27/h5-22H,1-4H3. The fourth-order valence-corrected chi connectivity index (χ4v) is 4.88. The lowest BCUT2D eigenvalue weighted by atomic mass is 9.83. The molecule has 0 unspecified atom stereocenters. The fraction of sp³-hybridized carbons (Fsp3) is 0.118. The van der Waals surface area contributed by atoms with Crippen LogP contribution in [0.4, 0.5) is 0 Å². The third-order valence-corrected chi connectivity index (χ3v) is 6.61. The van der Waals surface area contributed by atoms with Crippen LogP contribution in [0.2, 0.25) is 0 Å². The number of para-hydroxylation sites is 1.